The van der Waals surface area contributed by atoms with Crippen molar-refractivity contribution in [3.05, 3.63) is 34.3 Å². The van der Waals surface area contributed by atoms with Crippen LogP contribution < -0.4 is 5.32 Å². The average Bonchev–Trinajstić information content (AvgIpc) is 2.59. The van der Waals surface area contributed by atoms with E-state index in [0.717, 1.165) is 10.0 Å². The van der Waals surface area contributed by atoms with Gasteiger partial charge in [0.1, 0.15) is 6.10 Å². The fourth-order valence-corrected chi connectivity index (χ4v) is 2.02. The molecule has 0 bridgehead atoms. The highest BCUT2D eigenvalue weighted by atomic mass is 79.9. The fourth-order valence-electron chi connectivity index (χ4n) is 1.76. The van der Waals surface area contributed by atoms with Gasteiger partial charge in [-0.2, -0.15) is 0 Å². The second kappa shape index (κ2) is 4.75. The molecule has 1 aromatic carbocycles. The molecule has 1 aliphatic heterocycles. The summed E-state index contributed by atoms with van der Waals surface area (Å²) in [4.78, 5) is 21.8. The highest BCUT2D eigenvalue weighted by Crippen LogP contribution is 2.28. The number of carbonyl (C=O) groups excluding carboxylic acids is 1. The molecule has 90 valence electrons. The molecule has 1 fully saturated rings. The van der Waals surface area contributed by atoms with Crippen molar-refractivity contribution in [2.24, 2.45) is 0 Å². The number of alkyl carbamates (subject to hydrolysis) is 1. The van der Waals surface area contributed by atoms with Crippen LogP contribution in [0.4, 0.5) is 4.79 Å². The summed E-state index contributed by atoms with van der Waals surface area (Å²) in [7, 11) is 0. The smallest absolute Gasteiger partial charge is 0.408 e. The fraction of sp³-hybridized carbons (Fsp3) is 0.273. The summed E-state index contributed by atoms with van der Waals surface area (Å²) in [6.45, 7) is 0. The second-order valence-electron chi connectivity index (χ2n) is 3.73. The maximum Gasteiger partial charge on any atom is 0.408 e. The molecule has 0 spiro atoms. The van der Waals surface area contributed by atoms with Gasteiger partial charge in [-0.1, -0.05) is 28.1 Å². The Balaban J connectivity index is 2.20. The number of amides is 1. The lowest BCUT2D eigenvalue weighted by atomic mass is 10.0. The van der Waals surface area contributed by atoms with Gasteiger partial charge in [0, 0.05) is 4.47 Å². The number of benzene rings is 1. The average molecular weight is 300 g/mol. The highest BCUT2D eigenvalue weighted by Gasteiger charge is 2.36. The first kappa shape index (κ1) is 11.9. The van der Waals surface area contributed by atoms with E-state index in [0.29, 0.717) is 0 Å². The number of nitrogens with one attached hydrogen (secondary N) is 1. The Kier molecular flexibility index (Phi) is 3.33. The lowest BCUT2D eigenvalue weighted by molar-refractivity contribution is -0.137. The van der Waals surface area contributed by atoms with Gasteiger partial charge in [0.25, 0.3) is 0 Å². The van der Waals surface area contributed by atoms with Crippen LogP contribution in [0.2, 0.25) is 0 Å². The molecule has 1 aliphatic rings. The van der Waals surface area contributed by atoms with Crippen LogP contribution in [0.25, 0.3) is 0 Å². The normalized spacial score (nSPS) is 23.0. The van der Waals surface area contributed by atoms with Gasteiger partial charge in [-0.25, -0.2) is 4.79 Å². The van der Waals surface area contributed by atoms with Gasteiger partial charge in [0.05, 0.1) is 12.5 Å². The summed E-state index contributed by atoms with van der Waals surface area (Å²) in [6, 6.07) is 6.70. The number of rotatable bonds is 3. The second-order valence-corrected chi connectivity index (χ2v) is 4.64. The standard InChI is InChI=1S/C11H10BrNO4/c12-7-3-1-6(2-4-7)10-8(5-9(14)15)13-11(16)17-10/h1-4,8,10H,5H2,(H,13,16)(H,14,15). The molecule has 5 nitrogen and oxygen atoms in total. The van der Waals surface area contributed by atoms with Gasteiger partial charge in [0.2, 0.25) is 0 Å². The molecule has 1 aromatic rings. The molecule has 2 unspecified atom stereocenters. The first-order valence-electron chi connectivity index (χ1n) is 5.00. The van der Waals surface area contributed by atoms with Crippen molar-refractivity contribution < 1.29 is 19.4 Å². The zero-order valence-electron chi connectivity index (χ0n) is 8.72. The quantitative estimate of drug-likeness (QED) is 0.896. The van der Waals surface area contributed by atoms with Crippen LogP contribution >= 0.6 is 15.9 Å². The van der Waals surface area contributed by atoms with Crippen LogP contribution in [-0.4, -0.2) is 23.2 Å². The molecule has 17 heavy (non-hydrogen) atoms. The third kappa shape index (κ3) is 2.76. The SMILES string of the molecule is O=C(O)CC1NC(=O)OC1c1ccc(Br)cc1. The molecule has 6 heteroatoms. The largest absolute Gasteiger partial charge is 0.481 e. The van der Waals surface area contributed by atoms with Crippen molar-refractivity contribution in [1.82, 2.24) is 5.32 Å². The van der Waals surface area contributed by atoms with E-state index in [1.165, 1.54) is 0 Å². The summed E-state index contributed by atoms with van der Waals surface area (Å²) >= 11 is 3.30. The number of cyclic esters (lactones) is 1. The Morgan fingerprint density at radius 1 is 1.41 bits per heavy atom. The molecule has 0 saturated carbocycles. The van der Waals surface area contributed by atoms with E-state index < -0.39 is 24.2 Å². The molecular weight excluding hydrogens is 290 g/mol. The molecule has 0 aromatic heterocycles. The van der Waals surface area contributed by atoms with Crippen molar-refractivity contribution in [1.29, 1.82) is 0 Å². The number of halogens is 1. The maximum absolute atomic E-state index is 11.2. The van der Waals surface area contributed by atoms with Crippen molar-refractivity contribution >= 4 is 28.0 Å². The third-order valence-corrected chi connectivity index (χ3v) is 3.02. The minimum absolute atomic E-state index is 0.160. The molecule has 2 rings (SSSR count). The number of hydrogen-bond acceptors (Lipinski definition) is 3. The van der Waals surface area contributed by atoms with Crippen molar-refractivity contribution in [2.75, 3.05) is 0 Å². The Morgan fingerprint density at radius 3 is 2.65 bits per heavy atom. The van der Waals surface area contributed by atoms with Gasteiger partial charge >= 0.3 is 12.1 Å². The highest BCUT2D eigenvalue weighted by molar-refractivity contribution is 9.10. The van der Waals surface area contributed by atoms with Gasteiger partial charge in [0.15, 0.2) is 0 Å². The van der Waals surface area contributed by atoms with E-state index in [1.54, 1.807) is 12.1 Å². The van der Waals surface area contributed by atoms with E-state index in [2.05, 4.69) is 21.2 Å². The topological polar surface area (TPSA) is 75.6 Å². The maximum atomic E-state index is 11.2. The monoisotopic (exact) mass is 299 g/mol. The Bertz CT molecular complexity index is 445. The van der Waals surface area contributed by atoms with Crippen LogP contribution in [0.1, 0.15) is 18.1 Å². The zero-order valence-corrected chi connectivity index (χ0v) is 10.3. The van der Waals surface area contributed by atoms with E-state index in [9.17, 15) is 9.59 Å². The summed E-state index contributed by atoms with van der Waals surface area (Å²) < 4.78 is 5.98. The number of carbonyl (C=O) groups is 2. The predicted molar refractivity (Wildman–Crippen MR) is 62.5 cm³/mol. The molecule has 2 atom stereocenters. The summed E-state index contributed by atoms with van der Waals surface area (Å²) in [6.07, 6.45) is -1.29. The van der Waals surface area contributed by atoms with Gasteiger partial charge < -0.3 is 15.2 Å². The number of ether oxygens (including phenoxy) is 1. The van der Waals surface area contributed by atoms with E-state index in [-0.39, 0.29) is 6.42 Å². The van der Waals surface area contributed by atoms with Gasteiger partial charge in [-0.15, -0.1) is 0 Å². The van der Waals surface area contributed by atoms with Crippen LogP contribution in [0.5, 0.6) is 0 Å². The Hall–Kier alpha value is -1.56. The van der Waals surface area contributed by atoms with Crippen molar-refractivity contribution in [2.45, 2.75) is 18.6 Å². The third-order valence-electron chi connectivity index (χ3n) is 2.50. The molecule has 1 heterocycles. The van der Waals surface area contributed by atoms with Gasteiger partial charge in [-0.3, -0.25) is 4.79 Å². The molecule has 2 N–H and O–H groups in total. The lowest BCUT2D eigenvalue weighted by Crippen LogP contribution is -2.30. The summed E-state index contributed by atoms with van der Waals surface area (Å²) in [5.74, 6) is -0.970. The van der Waals surface area contributed by atoms with Crippen LogP contribution in [0.15, 0.2) is 28.7 Å². The van der Waals surface area contributed by atoms with Crippen molar-refractivity contribution in [3.63, 3.8) is 0 Å². The summed E-state index contributed by atoms with van der Waals surface area (Å²) in [5.41, 5.74) is 0.776. The minimum atomic E-state index is -0.970. The van der Waals surface area contributed by atoms with Crippen molar-refractivity contribution in [3.8, 4) is 0 Å². The summed E-state index contributed by atoms with van der Waals surface area (Å²) in [5, 5.41) is 11.2. The molecular formula is C11H10BrNO4. The van der Waals surface area contributed by atoms with Crippen LogP contribution in [-0.2, 0) is 9.53 Å². The van der Waals surface area contributed by atoms with E-state index >= 15 is 0 Å². The number of carboxylic acid groups (broad SMARTS) is 1. The number of aliphatic carboxylic acids is 1. The number of hydrogen-bond donors (Lipinski definition) is 2. The van der Waals surface area contributed by atoms with Crippen LogP contribution in [0, 0.1) is 0 Å². The van der Waals surface area contributed by atoms with E-state index in [4.69, 9.17) is 9.84 Å². The van der Waals surface area contributed by atoms with Crippen LogP contribution in [0.3, 0.4) is 0 Å². The molecule has 0 radical (unpaired) electrons. The minimum Gasteiger partial charge on any atom is -0.481 e. The molecule has 1 saturated heterocycles. The first-order valence-corrected chi connectivity index (χ1v) is 5.80. The zero-order chi connectivity index (χ0) is 12.4. The Labute approximate surface area is 106 Å². The Morgan fingerprint density at radius 2 is 2.06 bits per heavy atom. The predicted octanol–water partition coefficient (Wildman–Crippen LogP) is 2.07. The van der Waals surface area contributed by atoms with E-state index in [1.807, 2.05) is 12.1 Å². The molecule has 0 aliphatic carbocycles. The molecule has 1 amide bonds. The lowest BCUT2D eigenvalue weighted by Gasteiger charge is -2.15. The number of carboxylic acids is 1. The first-order chi connectivity index (χ1) is 8.06. The van der Waals surface area contributed by atoms with Gasteiger partial charge in [-0.05, 0) is 17.7 Å².